The van der Waals surface area contributed by atoms with Gasteiger partial charge in [-0.25, -0.2) is 4.52 Å². The highest BCUT2D eigenvalue weighted by Crippen LogP contribution is 2.23. The van der Waals surface area contributed by atoms with Crippen LogP contribution in [-0.4, -0.2) is 26.6 Å². The minimum atomic E-state index is -0.132. The van der Waals surface area contributed by atoms with Gasteiger partial charge in [-0.1, -0.05) is 35.4 Å². The maximum Gasteiger partial charge on any atom is 0.276 e. The van der Waals surface area contributed by atoms with E-state index < -0.39 is 0 Å². The number of hydrogen-bond acceptors (Lipinski definition) is 3. The Balaban J connectivity index is 1.53. The highest BCUT2D eigenvalue weighted by Gasteiger charge is 2.12. The van der Waals surface area contributed by atoms with Gasteiger partial charge in [0.1, 0.15) is 5.52 Å². The number of benzene rings is 2. The summed E-state index contributed by atoms with van der Waals surface area (Å²) in [5.74, 6) is -0.128. The molecule has 0 aliphatic carbocycles. The molecule has 6 heteroatoms. The molecule has 0 atom stereocenters. The third-order valence-corrected chi connectivity index (χ3v) is 5.55. The van der Waals surface area contributed by atoms with Crippen LogP contribution in [0.4, 0.5) is 0 Å². The standard InChI is InChI=1S/C25H26N4O2/c1-16-5-7-18(3)20(13-16)22-15-23-25(31)28(11-12-29(23)27-22)10-9-26-24(30)21-14-17(2)6-8-19(21)4/h5-8,11-15H,9-10H2,1-4H3,(H,26,30). The van der Waals surface area contributed by atoms with Gasteiger partial charge in [-0.3, -0.25) is 9.59 Å². The molecule has 1 amide bonds. The molecule has 2 heterocycles. The summed E-state index contributed by atoms with van der Waals surface area (Å²) in [6.45, 7) is 8.70. The van der Waals surface area contributed by atoms with Crippen molar-refractivity contribution in [3.63, 3.8) is 0 Å². The largest absolute Gasteiger partial charge is 0.350 e. The maximum absolute atomic E-state index is 13.0. The van der Waals surface area contributed by atoms with Crippen LogP contribution >= 0.6 is 0 Å². The normalized spacial score (nSPS) is 11.1. The first-order valence-electron chi connectivity index (χ1n) is 10.4. The van der Waals surface area contributed by atoms with E-state index in [1.54, 1.807) is 21.5 Å². The SMILES string of the molecule is Cc1ccc(C)c(C(=O)NCCn2ccn3nc(-c4cc(C)ccc4C)cc3c2=O)c1. The van der Waals surface area contributed by atoms with Gasteiger partial charge in [0.05, 0.1) is 5.69 Å². The lowest BCUT2D eigenvalue weighted by Gasteiger charge is -2.10. The molecule has 4 aromatic rings. The number of rotatable bonds is 5. The van der Waals surface area contributed by atoms with Crippen LogP contribution in [0.25, 0.3) is 16.8 Å². The van der Waals surface area contributed by atoms with Crippen LogP contribution in [0.15, 0.2) is 59.7 Å². The third-order valence-electron chi connectivity index (χ3n) is 5.55. The van der Waals surface area contributed by atoms with Crippen molar-refractivity contribution < 1.29 is 4.79 Å². The third kappa shape index (κ3) is 4.14. The van der Waals surface area contributed by atoms with Crippen molar-refractivity contribution in [1.29, 1.82) is 0 Å². The maximum atomic E-state index is 13.0. The quantitative estimate of drug-likeness (QED) is 0.540. The second-order valence-electron chi connectivity index (χ2n) is 8.05. The van der Waals surface area contributed by atoms with Crippen LogP contribution in [0, 0.1) is 27.7 Å². The summed E-state index contributed by atoms with van der Waals surface area (Å²) in [4.78, 5) is 25.5. The second kappa shape index (κ2) is 8.22. The fraction of sp³-hybridized carbons (Fsp3) is 0.240. The van der Waals surface area contributed by atoms with E-state index in [9.17, 15) is 9.59 Å². The molecular formula is C25H26N4O2. The Hall–Kier alpha value is -3.67. The first-order chi connectivity index (χ1) is 14.8. The van der Waals surface area contributed by atoms with Crippen molar-refractivity contribution >= 4 is 11.4 Å². The molecule has 6 nitrogen and oxygen atoms in total. The van der Waals surface area contributed by atoms with Gasteiger partial charge in [-0.15, -0.1) is 0 Å². The number of carbonyl (C=O) groups is 1. The molecule has 0 saturated carbocycles. The molecule has 0 bridgehead atoms. The van der Waals surface area contributed by atoms with Crippen molar-refractivity contribution in [2.45, 2.75) is 34.2 Å². The molecule has 0 aliphatic rings. The lowest BCUT2D eigenvalue weighted by atomic mass is 10.0. The minimum Gasteiger partial charge on any atom is -0.350 e. The van der Waals surface area contributed by atoms with Gasteiger partial charge in [0.25, 0.3) is 11.5 Å². The van der Waals surface area contributed by atoms with E-state index in [4.69, 9.17) is 0 Å². The van der Waals surface area contributed by atoms with Crippen molar-refractivity contribution in [3.8, 4) is 11.3 Å². The number of aromatic nitrogens is 3. The van der Waals surface area contributed by atoms with E-state index in [0.717, 1.165) is 33.5 Å². The molecule has 0 saturated heterocycles. The van der Waals surface area contributed by atoms with Crippen LogP contribution in [0.2, 0.25) is 0 Å². The van der Waals surface area contributed by atoms with E-state index in [1.807, 2.05) is 52.0 Å². The smallest absolute Gasteiger partial charge is 0.276 e. The zero-order chi connectivity index (χ0) is 22.1. The lowest BCUT2D eigenvalue weighted by molar-refractivity contribution is 0.0951. The molecule has 1 N–H and O–H groups in total. The number of nitrogens with zero attached hydrogens (tertiary/aromatic N) is 3. The van der Waals surface area contributed by atoms with Crippen LogP contribution in [-0.2, 0) is 6.54 Å². The van der Waals surface area contributed by atoms with Crippen LogP contribution in [0.5, 0.6) is 0 Å². The molecule has 31 heavy (non-hydrogen) atoms. The number of hydrogen-bond donors (Lipinski definition) is 1. The van der Waals surface area contributed by atoms with E-state index in [0.29, 0.717) is 24.2 Å². The summed E-state index contributed by atoms with van der Waals surface area (Å²) in [5, 5.41) is 7.50. The molecule has 0 spiro atoms. The van der Waals surface area contributed by atoms with Crippen LogP contribution < -0.4 is 10.9 Å². The summed E-state index contributed by atoms with van der Waals surface area (Å²) in [6.07, 6.45) is 3.48. The monoisotopic (exact) mass is 414 g/mol. The highest BCUT2D eigenvalue weighted by atomic mass is 16.1. The van der Waals surface area contributed by atoms with Crippen molar-refractivity contribution in [2.24, 2.45) is 0 Å². The Morgan fingerprint density at radius 1 is 0.935 bits per heavy atom. The molecule has 0 aliphatic heterocycles. The molecule has 4 rings (SSSR count). The first-order valence-corrected chi connectivity index (χ1v) is 10.4. The first kappa shape index (κ1) is 20.6. The lowest BCUT2D eigenvalue weighted by Crippen LogP contribution is -2.31. The fourth-order valence-corrected chi connectivity index (χ4v) is 3.71. The minimum absolute atomic E-state index is 0.128. The van der Waals surface area contributed by atoms with E-state index in [2.05, 4.69) is 28.6 Å². The number of fused-ring (bicyclic) bond motifs is 1. The Bertz CT molecular complexity index is 1350. The fourth-order valence-electron chi connectivity index (χ4n) is 3.71. The summed E-state index contributed by atoms with van der Waals surface area (Å²) in [5.41, 5.74) is 7.08. The zero-order valence-corrected chi connectivity index (χ0v) is 18.3. The molecule has 2 aromatic carbocycles. The average Bonchev–Trinajstić information content (AvgIpc) is 3.18. The van der Waals surface area contributed by atoms with Crippen molar-refractivity contribution in [2.75, 3.05) is 6.54 Å². The van der Waals surface area contributed by atoms with Crippen molar-refractivity contribution in [3.05, 3.63) is 93.0 Å². The summed E-state index contributed by atoms with van der Waals surface area (Å²) < 4.78 is 3.22. The van der Waals surface area contributed by atoms with Gasteiger partial charge in [-0.05, 0) is 57.0 Å². The Labute approximate surface area is 181 Å². The topological polar surface area (TPSA) is 68.4 Å². The zero-order valence-electron chi connectivity index (χ0n) is 18.3. The number of amides is 1. The van der Waals surface area contributed by atoms with Gasteiger partial charge in [-0.2, -0.15) is 5.10 Å². The average molecular weight is 415 g/mol. The van der Waals surface area contributed by atoms with E-state index in [1.165, 1.54) is 0 Å². The molecule has 0 fully saturated rings. The summed E-state index contributed by atoms with van der Waals surface area (Å²) in [6, 6.07) is 13.8. The Morgan fingerprint density at radius 2 is 1.65 bits per heavy atom. The van der Waals surface area contributed by atoms with Gasteiger partial charge < -0.3 is 9.88 Å². The molecular weight excluding hydrogens is 388 g/mol. The van der Waals surface area contributed by atoms with Crippen LogP contribution in [0.1, 0.15) is 32.6 Å². The van der Waals surface area contributed by atoms with Crippen LogP contribution in [0.3, 0.4) is 0 Å². The van der Waals surface area contributed by atoms with Gasteiger partial charge >= 0.3 is 0 Å². The second-order valence-corrected chi connectivity index (χ2v) is 8.05. The highest BCUT2D eigenvalue weighted by molar-refractivity contribution is 5.95. The van der Waals surface area contributed by atoms with Gasteiger partial charge in [0, 0.05) is 36.6 Å². The summed E-state index contributed by atoms with van der Waals surface area (Å²) >= 11 is 0. The molecule has 2 aromatic heterocycles. The van der Waals surface area contributed by atoms with E-state index in [-0.39, 0.29) is 11.5 Å². The van der Waals surface area contributed by atoms with Gasteiger partial charge in [0.2, 0.25) is 0 Å². The Morgan fingerprint density at radius 3 is 2.42 bits per heavy atom. The number of nitrogens with one attached hydrogen (secondary N) is 1. The number of carbonyl (C=O) groups excluding carboxylic acids is 1. The molecule has 158 valence electrons. The van der Waals surface area contributed by atoms with Gasteiger partial charge in [0.15, 0.2) is 0 Å². The number of aryl methyl sites for hydroxylation is 4. The Kier molecular flexibility index (Phi) is 5.46. The van der Waals surface area contributed by atoms with E-state index >= 15 is 0 Å². The molecule has 0 unspecified atom stereocenters. The predicted octanol–water partition coefficient (Wildman–Crippen LogP) is 3.83. The molecule has 0 radical (unpaired) electrons. The van der Waals surface area contributed by atoms with Crippen molar-refractivity contribution in [1.82, 2.24) is 19.5 Å². The summed E-state index contributed by atoms with van der Waals surface area (Å²) in [7, 11) is 0. The predicted molar refractivity (Wildman–Crippen MR) is 123 cm³/mol.